The molecule has 7 heavy (non-hydrogen) atoms. The number of nitrogens with zero attached hydrogens (tertiary/aromatic N) is 1. The Morgan fingerprint density at radius 2 is 1.14 bits per heavy atom. The van der Waals surface area contributed by atoms with Crippen molar-refractivity contribution < 1.29 is 13.3 Å². The molecule has 0 N–H and O–H groups in total. The lowest BCUT2D eigenvalue weighted by molar-refractivity contribution is -1.01. The van der Waals surface area contributed by atoms with Gasteiger partial charge in [-0.05, 0) is 4.48 Å². The van der Waals surface area contributed by atoms with Gasteiger partial charge in [0.15, 0.2) is 0 Å². The van der Waals surface area contributed by atoms with Gasteiger partial charge >= 0.3 is 0 Å². The Morgan fingerprint density at radius 1 is 1.14 bits per heavy atom. The Morgan fingerprint density at radius 3 is 1.14 bits per heavy atom. The van der Waals surface area contributed by atoms with Gasteiger partial charge in [0.05, 0.1) is 0 Å². The van der Waals surface area contributed by atoms with Gasteiger partial charge in [0.2, 0.25) is 10.6 Å². The lowest BCUT2D eigenvalue weighted by atomic mass is 11.0. The summed E-state index contributed by atoms with van der Waals surface area (Å²) in [5, 5.41) is 0. The van der Waals surface area contributed by atoms with Crippen molar-refractivity contribution in [3.63, 3.8) is 0 Å². The first-order valence-corrected chi connectivity index (χ1v) is 2.64. The first-order valence-electron chi connectivity index (χ1n) is 1.89. The highest BCUT2D eigenvalue weighted by molar-refractivity contribution is 5.96. The van der Waals surface area contributed by atoms with Crippen molar-refractivity contribution in [3.8, 4) is 0 Å². The van der Waals surface area contributed by atoms with Gasteiger partial charge in [0.25, 0.3) is 0 Å². The number of quaternary nitrogens is 1. The summed E-state index contributed by atoms with van der Waals surface area (Å²) >= 11 is 0. The average molecular weight is 128 g/mol. The van der Waals surface area contributed by atoms with Gasteiger partial charge in [-0.25, -0.2) is 0 Å². The molecule has 0 aromatic heterocycles. The standard InChI is InChI=1S/C3H9FN.FH3Si/c1-5(2,3)4;1-2/h1-3H3;2H3/q+1;. The van der Waals surface area contributed by atoms with E-state index in [1.54, 1.807) is 0 Å². The molecule has 0 aliphatic rings. The molecule has 0 saturated heterocycles. The Kier molecular flexibility index (Phi) is 6.07. The molecular weight excluding hydrogens is 116 g/mol. The Balaban J connectivity index is 0. The second-order valence-electron chi connectivity index (χ2n) is 1.85. The summed E-state index contributed by atoms with van der Waals surface area (Å²) < 4.78 is 20.8. The lowest BCUT2D eigenvalue weighted by Gasteiger charge is -2.03. The van der Waals surface area contributed by atoms with E-state index in [-0.39, 0.29) is 10.6 Å². The van der Waals surface area contributed by atoms with Crippen LogP contribution in [0.5, 0.6) is 0 Å². The average Bonchev–Trinajstić information content (AvgIpc) is 1.36. The topological polar surface area (TPSA) is 0 Å². The van der Waals surface area contributed by atoms with E-state index in [1.807, 2.05) is 0 Å². The molecule has 0 aliphatic carbocycles. The van der Waals surface area contributed by atoms with Crippen LogP contribution in [0.3, 0.4) is 0 Å². The number of halogens is 2. The summed E-state index contributed by atoms with van der Waals surface area (Å²) in [5.41, 5.74) is 0. The molecule has 46 valence electrons. The van der Waals surface area contributed by atoms with Crippen LogP contribution in [0.15, 0.2) is 0 Å². The SMILES string of the molecule is C[N+](C)(C)F.F[SiH3]. The molecule has 0 aromatic carbocycles. The smallest absolute Gasteiger partial charge is 0.201 e. The van der Waals surface area contributed by atoms with Gasteiger partial charge in [-0.2, -0.15) is 0 Å². The van der Waals surface area contributed by atoms with Gasteiger partial charge in [-0.1, -0.05) is 0 Å². The highest BCUT2D eigenvalue weighted by atomic mass is 28.2. The van der Waals surface area contributed by atoms with E-state index in [0.29, 0.717) is 0 Å². The zero-order valence-electron chi connectivity index (χ0n) is 5.20. The molecule has 0 amide bonds. The predicted molar refractivity (Wildman–Crippen MR) is 30.2 cm³/mol. The fourth-order valence-electron chi connectivity index (χ4n) is 0. The second kappa shape index (κ2) is 4.20. The molecule has 0 spiro atoms. The Hall–Kier alpha value is 0.0369. The lowest BCUT2D eigenvalue weighted by Crippen LogP contribution is -2.21. The van der Waals surface area contributed by atoms with Crippen LogP contribution >= 0.6 is 0 Å². The Bertz CT molecular complexity index is 28.4. The van der Waals surface area contributed by atoms with Gasteiger partial charge in [-0.15, -0.1) is 4.71 Å². The van der Waals surface area contributed by atoms with E-state index in [4.69, 9.17) is 0 Å². The van der Waals surface area contributed by atoms with Gasteiger partial charge < -0.3 is 4.11 Å². The van der Waals surface area contributed by atoms with E-state index >= 15 is 0 Å². The van der Waals surface area contributed by atoms with Crippen molar-refractivity contribution in [1.29, 1.82) is 0 Å². The van der Waals surface area contributed by atoms with Gasteiger partial charge in [0, 0.05) is 0 Å². The monoisotopic (exact) mass is 128 g/mol. The van der Waals surface area contributed by atoms with Crippen molar-refractivity contribution in [2.75, 3.05) is 21.1 Å². The highest BCUT2D eigenvalue weighted by Crippen LogP contribution is 1.84. The minimum Gasteiger partial charge on any atom is -0.327 e. The van der Waals surface area contributed by atoms with Crippen LogP contribution < -0.4 is 0 Å². The normalized spacial score (nSPS) is 9.86. The summed E-state index contributed by atoms with van der Waals surface area (Å²) in [5.74, 6) is 0. The first-order chi connectivity index (χ1) is 3.00. The van der Waals surface area contributed by atoms with Crippen molar-refractivity contribution in [2.45, 2.75) is 0 Å². The molecule has 0 rings (SSSR count). The third-order valence-corrected chi connectivity index (χ3v) is 0. The zero-order valence-corrected chi connectivity index (χ0v) is 7.20. The van der Waals surface area contributed by atoms with Gasteiger partial charge in [0.1, 0.15) is 21.1 Å². The molecule has 0 heterocycles. The van der Waals surface area contributed by atoms with E-state index in [2.05, 4.69) is 0 Å². The molecule has 0 radical (unpaired) electrons. The van der Waals surface area contributed by atoms with Crippen LogP contribution in [0.1, 0.15) is 0 Å². The van der Waals surface area contributed by atoms with Gasteiger partial charge in [-0.3, -0.25) is 0 Å². The largest absolute Gasteiger partial charge is 0.327 e. The summed E-state index contributed by atoms with van der Waals surface area (Å²) in [6.07, 6.45) is 0. The van der Waals surface area contributed by atoms with Crippen LogP contribution in [-0.2, 0) is 0 Å². The van der Waals surface area contributed by atoms with E-state index in [0.717, 1.165) is 0 Å². The molecule has 0 fully saturated rings. The maximum absolute atomic E-state index is 11.6. The van der Waals surface area contributed by atoms with Crippen molar-refractivity contribution >= 4 is 10.6 Å². The molecule has 0 bridgehead atoms. The molecule has 0 aromatic rings. The number of hydrogen-bond acceptors (Lipinski definition) is 0. The maximum Gasteiger partial charge on any atom is 0.201 e. The fourth-order valence-corrected chi connectivity index (χ4v) is 0. The summed E-state index contributed by atoms with van der Waals surface area (Å²) in [7, 11) is 4.18. The van der Waals surface area contributed by atoms with E-state index in [9.17, 15) is 8.59 Å². The number of rotatable bonds is 0. The summed E-state index contributed by atoms with van der Waals surface area (Å²) in [6, 6.07) is 0. The maximum atomic E-state index is 11.6. The minimum absolute atomic E-state index is 0.194. The van der Waals surface area contributed by atoms with E-state index in [1.165, 1.54) is 21.1 Å². The van der Waals surface area contributed by atoms with Crippen LogP contribution in [-0.4, -0.2) is 36.4 Å². The van der Waals surface area contributed by atoms with Crippen LogP contribution in [0.25, 0.3) is 0 Å². The van der Waals surface area contributed by atoms with Crippen LogP contribution in [0.4, 0.5) is 8.59 Å². The van der Waals surface area contributed by atoms with Crippen LogP contribution in [0.2, 0.25) is 0 Å². The third-order valence-electron chi connectivity index (χ3n) is 0. The molecule has 4 heteroatoms. The Labute approximate surface area is 46.1 Å². The molecule has 1 nitrogen and oxygen atoms in total. The third kappa shape index (κ3) is 72300. The minimum atomic E-state index is -0.500. The van der Waals surface area contributed by atoms with Crippen LogP contribution in [0, 0.1) is 0 Å². The first kappa shape index (κ1) is 10.1. The predicted octanol–water partition coefficient (Wildman–Crippen LogP) is -0.187. The molecule has 0 unspecified atom stereocenters. The van der Waals surface area contributed by atoms with Crippen molar-refractivity contribution in [1.82, 2.24) is 0 Å². The summed E-state index contributed by atoms with van der Waals surface area (Å²) in [6.45, 7) is 0. The zero-order chi connectivity index (χ0) is 6.50. The van der Waals surface area contributed by atoms with Crippen molar-refractivity contribution in [3.05, 3.63) is 0 Å². The molecular formula is C3H12F2NSi+. The summed E-state index contributed by atoms with van der Waals surface area (Å²) in [4.78, 5) is 0. The highest BCUT2D eigenvalue weighted by Gasteiger charge is 1.97. The molecule has 0 atom stereocenters. The van der Waals surface area contributed by atoms with E-state index < -0.39 is 4.71 Å². The second-order valence-corrected chi connectivity index (χ2v) is 1.85. The quantitative estimate of drug-likeness (QED) is 0.241. The molecule has 0 aliphatic heterocycles. The molecule has 0 saturated carbocycles. The fraction of sp³-hybridized carbons (Fsp3) is 1.00. The van der Waals surface area contributed by atoms with Crippen molar-refractivity contribution in [2.24, 2.45) is 0 Å². The number of hydrogen-bond donors (Lipinski definition) is 0.